The largest absolute Gasteiger partial charge is 0.497 e. The highest BCUT2D eigenvalue weighted by atomic mass is 16.5. The van der Waals surface area contributed by atoms with Gasteiger partial charge in [-0.15, -0.1) is 0 Å². The Balaban J connectivity index is 1.83. The molecule has 0 fully saturated rings. The molecular formula is C19H18N2O5. The Labute approximate surface area is 149 Å². The van der Waals surface area contributed by atoms with Gasteiger partial charge >= 0.3 is 5.97 Å². The molecule has 2 heterocycles. The number of fused-ring (bicyclic) bond motifs is 1. The molecule has 0 aliphatic heterocycles. The number of benzene rings is 1. The summed E-state index contributed by atoms with van der Waals surface area (Å²) in [5.41, 5.74) is 1.82. The molecule has 3 rings (SSSR count). The summed E-state index contributed by atoms with van der Waals surface area (Å²) >= 11 is 0. The number of ether oxygens (including phenoxy) is 3. The van der Waals surface area contributed by atoms with E-state index in [0.717, 1.165) is 5.56 Å². The van der Waals surface area contributed by atoms with Gasteiger partial charge in [0.1, 0.15) is 29.3 Å². The van der Waals surface area contributed by atoms with Gasteiger partial charge in [0.15, 0.2) is 0 Å². The van der Waals surface area contributed by atoms with E-state index >= 15 is 0 Å². The molecule has 3 aromatic rings. The van der Waals surface area contributed by atoms with Crippen molar-refractivity contribution < 1.29 is 19.0 Å². The summed E-state index contributed by atoms with van der Waals surface area (Å²) in [7, 11) is 2.97. The Morgan fingerprint density at radius 2 is 1.92 bits per heavy atom. The summed E-state index contributed by atoms with van der Waals surface area (Å²) < 4.78 is 17.1. The van der Waals surface area contributed by atoms with Crippen LogP contribution in [0.15, 0.2) is 47.4 Å². The highest BCUT2D eigenvalue weighted by Gasteiger charge is 2.16. The molecule has 2 aromatic heterocycles. The van der Waals surface area contributed by atoms with Gasteiger partial charge in [0.05, 0.1) is 19.9 Å². The van der Waals surface area contributed by atoms with E-state index in [9.17, 15) is 9.59 Å². The van der Waals surface area contributed by atoms with E-state index in [1.165, 1.54) is 30.8 Å². The fourth-order valence-corrected chi connectivity index (χ4v) is 2.52. The molecule has 7 nitrogen and oxygen atoms in total. The van der Waals surface area contributed by atoms with E-state index in [4.69, 9.17) is 14.2 Å². The van der Waals surface area contributed by atoms with Crippen LogP contribution in [0.25, 0.3) is 5.65 Å². The Hall–Kier alpha value is -3.35. The van der Waals surface area contributed by atoms with E-state index < -0.39 is 5.97 Å². The third kappa shape index (κ3) is 3.51. The van der Waals surface area contributed by atoms with Crippen molar-refractivity contribution in [3.63, 3.8) is 0 Å². The smallest absolute Gasteiger partial charge is 0.342 e. The fourth-order valence-electron chi connectivity index (χ4n) is 2.52. The van der Waals surface area contributed by atoms with Crippen LogP contribution in [0.5, 0.6) is 11.5 Å². The van der Waals surface area contributed by atoms with Crippen LogP contribution in [0.2, 0.25) is 0 Å². The monoisotopic (exact) mass is 354 g/mol. The number of carbonyl (C=O) groups excluding carboxylic acids is 1. The minimum absolute atomic E-state index is 0.126. The van der Waals surface area contributed by atoms with E-state index in [2.05, 4.69) is 4.98 Å². The topological polar surface area (TPSA) is 79.1 Å². The Kier molecular flexibility index (Phi) is 4.88. The zero-order valence-electron chi connectivity index (χ0n) is 14.7. The van der Waals surface area contributed by atoms with Gasteiger partial charge in [-0.3, -0.25) is 9.20 Å². The molecule has 1 aromatic carbocycles. The number of methoxy groups -OCH3 is 2. The SMILES string of the molecule is COc1ccc(OC)c(C(=O)OCc2cc(=O)n3cc(C)ccc3n2)c1. The standard InChI is InChI=1S/C19H18N2O5/c1-12-4-7-17-20-13(8-18(22)21(17)10-12)11-26-19(23)15-9-14(24-2)5-6-16(15)25-3/h4-10H,11H2,1-3H3. The lowest BCUT2D eigenvalue weighted by molar-refractivity contribution is 0.0463. The molecule has 0 radical (unpaired) electrons. The lowest BCUT2D eigenvalue weighted by Gasteiger charge is -2.10. The molecule has 134 valence electrons. The zero-order chi connectivity index (χ0) is 18.7. The van der Waals surface area contributed by atoms with Crippen molar-refractivity contribution in [1.82, 2.24) is 9.38 Å². The molecule has 0 atom stereocenters. The van der Waals surface area contributed by atoms with Gasteiger partial charge < -0.3 is 14.2 Å². The molecule has 0 aliphatic carbocycles. The third-order valence-corrected chi connectivity index (χ3v) is 3.84. The molecule has 0 aliphatic rings. The van der Waals surface area contributed by atoms with E-state index in [1.54, 1.807) is 24.4 Å². The summed E-state index contributed by atoms with van der Waals surface area (Å²) in [6, 6.07) is 9.79. The van der Waals surface area contributed by atoms with Gasteiger partial charge in [-0.05, 0) is 36.8 Å². The molecule has 0 amide bonds. The van der Waals surface area contributed by atoms with Gasteiger partial charge in [0, 0.05) is 12.3 Å². The van der Waals surface area contributed by atoms with Crippen molar-refractivity contribution in [1.29, 1.82) is 0 Å². The lowest BCUT2D eigenvalue weighted by atomic mass is 10.2. The number of aryl methyl sites for hydroxylation is 1. The van der Waals surface area contributed by atoms with Crippen LogP contribution in [-0.4, -0.2) is 29.6 Å². The molecular weight excluding hydrogens is 336 g/mol. The first-order valence-electron chi connectivity index (χ1n) is 7.90. The summed E-state index contributed by atoms with van der Waals surface area (Å²) in [5.74, 6) is 0.291. The normalized spacial score (nSPS) is 10.6. The highest BCUT2D eigenvalue weighted by Crippen LogP contribution is 2.24. The molecule has 7 heteroatoms. The molecule has 0 saturated heterocycles. The van der Waals surface area contributed by atoms with Crippen molar-refractivity contribution in [3.8, 4) is 11.5 Å². The average Bonchev–Trinajstić information content (AvgIpc) is 2.66. The quantitative estimate of drug-likeness (QED) is 0.655. The van der Waals surface area contributed by atoms with Crippen LogP contribution >= 0.6 is 0 Å². The van der Waals surface area contributed by atoms with Gasteiger partial charge in [-0.2, -0.15) is 0 Å². The Morgan fingerprint density at radius 1 is 1.12 bits per heavy atom. The molecule has 0 saturated carbocycles. The number of pyridine rings is 1. The van der Waals surface area contributed by atoms with Crippen molar-refractivity contribution in [2.24, 2.45) is 0 Å². The highest BCUT2D eigenvalue weighted by molar-refractivity contribution is 5.93. The van der Waals surface area contributed by atoms with Gasteiger partial charge in [0.2, 0.25) is 0 Å². The third-order valence-electron chi connectivity index (χ3n) is 3.84. The Morgan fingerprint density at radius 3 is 2.65 bits per heavy atom. The predicted molar refractivity (Wildman–Crippen MR) is 94.9 cm³/mol. The number of carbonyl (C=O) groups is 1. The lowest BCUT2D eigenvalue weighted by Crippen LogP contribution is -2.17. The van der Waals surface area contributed by atoms with E-state index in [0.29, 0.717) is 22.8 Å². The van der Waals surface area contributed by atoms with Crippen LogP contribution in [0.3, 0.4) is 0 Å². The maximum absolute atomic E-state index is 12.4. The summed E-state index contributed by atoms with van der Waals surface area (Å²) in [5, 5.41) is 0. The van der Waals surface area contributed by atoms with Crippen molar-refractivity contribution in [2.45, 2.75) is 13.5 Å². The second-order valence-electron chi connectivity index (χ2n) is 5.66. The van der Waals surface area contributed by atoms with Crippen molar-refractivity contribution in [3.05, 3.63) is 69.8 Å². The predicted octanol–water partition coefficient (Wildman–Crippen LogP) is 2.38. The number of nitrogens with zero attached hydrogens (tertiary/aromatic N) is 2. The molecule has 26 heavy (non-hydrogen) atoms. The van der Waals surface area contributed by atoms with Crippen molar-refractivity contribution in [2.75, 3.05) is 14.2 Å². The van der Waals surface area contributed by atoms with Crippen LogP contribution in [-0.2, 0) is 11.3 Å². The second-order valence-corrected chi connectivity index (χ2v) is 5.66. The minimum Gasteiger partial charge on any atom is -0.497 e. The van der Waals surface area contributed by atoms with Crippen LogP contribution < -0.4 is 15.0 Å². The maximum atomic E-state index is 12.4. The molecule has 0 bridgehead atoms. The van der Waals surface area contributed by atoms with Crippen LogP contribution in [0.1, 0.15) is 21.6 Å². The van der Waals surface area contributed by atoms with E-state index in [1.807, 2.05) is 13.0 Å². The van der Waals surface area contributed by atoms with Crippen LogP contribution in [0.4, 0.5) is 0 Å². The number of hydrogen-bond donors (Lipinski definition) is 0. The number of esters is 1. The minimum atomic E-state index is -0.591. The summed E-state index contributed by atoms with van der Waals surface area (Å²) in [4.78, 5) is 28.9. The van der Waals surface area contributed by atoms with Gasteiger partial charge in [-0.1, -0.05) is 6.07 Å². The first-order valence-corrected chi connectivity index (χ1v) is 7.90. The van der Waals surface area contributed by atoms with E-state index in [-0.39, 0.29) is 17.7 Å². The first kappa shape index (κ1) is 17.5. The average molecular weight is 354 g/mol. The summed E-state index contributed by atoms with van der Waals surface area (Å²) in [6.45, 7) is 1.77. The molecule has 0 spiro atoms. The first-order chi connectivity index (χ1) is 12.5. The maximum Gasteiger partial charge on any atom is 0.342 e. The zero-order valence-corrected chi connectivity index (χ0v) is 14.7. The number of rotatable bonds is 5. The number of aromatic nitrogens is 2. The fraction of sp³-hybridized carbons (Fsp3) is 0.211. The van der Waals surface area contributed by atoms with Gasteiger partial charge in [0.25, 0.3) is 5.56 Å². The molecule has 0 unspecified atom stereocenters. The van der Waals surface area contributed by atoms with Crippen LogP contribution in [0, 0.1) is 6.92 Å². The second kappa shape index (κ2) is 7.26. The summed E-state index contributed by atoms with van der Waals surface area (Å²) in [6.07, 6.45) is 1.71. The Bertz CT molecular complexity index is 1030. The molecule has 0 N–H and O–H groups in total. The van der Waals surface area contributed by atoms with Crippen molar-refractivity contribution >= 4 is 11.6 Å². The van der Waals surface area contributed by atoms with Gasteiger partial charge in [-0.25, -0.2) is 9.78 Å². The number of hydrogen-bond acceptors (Lipinski definition) is 6.